The average Bonchev–Trinajstić information content (AvgIpc) is 2.97. The normalized spacial score (nSPS) is 15.8. The lowest BCUT2D eigenvalue weighted by molar-refractivity contribution is 0.243. The van der Waals surface area contributed by atoms with Gasteiger partial charge in [0.1, 0.15) is 5.75 Å². The van der Waals surface area contributed by atoms with E-state index in [0.29, 0.717) is 17.9 Å². The molecule has 25 heavy (non-hydrogen) atoms. The van der Waals surface area contributed by atoms with Gasteiger partial charge in [-0.1, -0.05) is 6.07 Å². The lowest BCUT2D eigenvalue weighted by Crippen LogP contribution is -2.47. The molecular formula is C18H21N5O2. The van der Waals surface area contributed by atoms with Crippen LogP contribution in [0.3, 0.4) is 0 Å². The fraction of sp³-hybridized carbons (Fsp3) is 0.333. The number of phenols is 1. The fourth-order valence-electron chi connectivity index (χ4n) is 3.24. The van der Waals surface area contributed by atoms with Crippen LogP contribution in [0.4, 0.5) is 5.69 Å². The molecule has 2 aromatic heterocycles. The van der Waals surface area contributed by atoms with Gasteiger partial charge in [-0.2, -0.15) is 0 Å². The van der Waals surface area contributed by atoms with Crippen molar-refractivity contribution in [3.05, 3.63) is 59.1 Å². The Morgan fingerprint density at radius 1 is 0.960 bits per heavy atom. The zero-order valence-electron chi connectivity index (χ0n) is 14.0. The second-order valence-electron chi connectivity index (χ2n) is 6.28. The van der Waals surface area contributed by atoms with E-state index in [0.717, 1.165) is 38.4 Å². The second kappa shape index (κ2) is 6.60. The summed E-state index contributed by atoms with van der Waals surface area (Å²) in [5.74, 6) is 0.292. The Balaban J connectivity index is 1.35. The first-order valence-corrected chi connectivity index (χ1v) is 8.51. The Morgan fingerprint density at radius 2 is 1.72 bits per heavy atom. The number of piperazine rings is 1. The molecule has 3 heterocycles. The Kier molecular flexibility index (Phi) is 4.15. The van der Waals surface area contributed by atoms with Crippen LogP contribution in [0.2, 0.25) is 0 Å². The monoisotopic (exact) mass is 339 g/mol. The standard InChI is InChI=1S/C18H21N5O2/c24-16-6-4-15(5-7-16)21-12-9-20(10-13-21)11-14-23-18(25)22-8-2-1-3-17(22)19-23/h1-8,24H,9-14H2. The van der Waals surface area contributed by atoms with Gasteiger partial charge in [-0.25, -0.2) is 9.48 Å². The predicted molar refractivity (Wildman–Crippen MR) is 96.2 cm³/mol. The number of hydrogen-bond acceptors (Lipinski definition) is 5. The number of aromatic nitrogens is 3. The molecule has 1 saturated heterocycles. The Hall–Kier alpha value is -2.80. The molecule has 130 valence electrons. The van der Waals surface area contributed by atoms with E-state index in [1.165, 1.54) is 0 Å². The zero-order chi connectivity index (χ0) is 17.2. The molecule has 1 N–H and O–H groups in total. The summed E-state index contributed by atoms with van der Waals surface area (Å²) in [4.78, 5) is 16.9. The van der Waals surface area contributed by atoms with Gasteiger partial charge in [-0.15, -0.1) is 5.10 Å². The maximum absolute atomic E-state index is 12.3. The highest BCUT2D eigenvalue weighted by Gasteiger charge is 2.17. The molecule has 7 nitrogen and oxygen atoms in total. The molecule has 1 aromatic carbocycles. The van der Waals surface area contributed by atoms with Crippen LogP contribution in [0.25, 0.3) is 5.65 Å². The van der Waals surface area contributed by atoms with Gasteiger partial charge in [-0.05, 0) is 36.4 Å². The molecule has 1 aliphatic rings. The van der Waals surface area contributed by atoms with E-state index >= 15 is 0 Å². The van der Waals surface area contributed by atoms with E-state index in [2.05, 4.69) is 14.9 Å². The van der Waals surface area contributed by atoms with Gasteiger partial charge >= 0.3 is 5.69 Å². The number of rotatable bonds is 4. The summed E-state index contributed by atoms with van der Waals surface area (Å²) >= 11 is 0. The molecule has 0 radical (unpaired) electrons. The van der Waals surface area contributed by atoms with Crippen molar-refractivity contribution in [3.8, 4) is 5.75 Å². The van der Waals surface area contributed by atoms with Gasteiger partial charge < -0.3 is 10.0 Å². The number of pyridine rings is 1. The molecule has 0 saturated carbocycles. The molecule has 0 atom stereocenters. The van der Waals surface area contributed by atoms with E-state index < -0.39 is 0 Å². The van der Waals surface area contributed by atoms with Crippen molar-refractivity contribution in [3.63, 3.8) is 0 Å². The highest BCUT2D eigenvalue weighted by atomic mass is 16.3. The van der Waals surface area contributed by atoms with Crippen LogP contribution in [0.15, 0.2) is 53.5 Å². The third-order valence-corrected chi connectivity index (χ3v) is 4.70. The summed E-state index contributed by atoms with van der Waals surface area (Å²) in [6.45, 7) is 5.18. The summed E-state index contributed by atoms with van der Waals surface area (Å²) in [7, 11) is 0. The minimum absolute atomic E-state index is 0.0849. The van der Waals surface area contributed by atoms with Crippen LogP contribution < -0.4 is 10.6 Å². The number of hydrogen-bond donors (Lipinski definition) is 1. The zero-order valence-corrected chi connectivity index (χ0v) is 14.0. The Bertz CT molecular complexity index is 907. The van der Waals surface area contributed by atoms with Crippen molar-refractivity contribution in [2.75, 3.05) is 37.6 Å². The summed E-state index contributed by atoms with van der Waals surface area (Å²) < 4.78 is 3.12. The molecule has 7 heteroatoms. The molecule has 0 amide bonds. The van der Waals surface area contributed by atoms with Gasteiger partial charge in [0, 0.05) is 44.6 Å². The lowest BCUT2D eigenvalue weighted by atomic mass is 10.2. The number of phenolic OH excluding ortho intramolecular Hbond substituents is 1. The number of aromatic hydroxyl groups is 1. The smallest absolute Gasteiger partial charge is 0.350 e. The Labute approximate surface area is 145 Å². The van der Waals surface area contributed by atoms with Crippen LogP contribution >= 0.6 is 0 Å². The Morgan fingerprint density at radius 3 is 2.44 bits per heavy atom. The topological polar surface area (TPSA) is 66.0 Å². The van der Waals surface area contributed by atoms with Crippen molar-refractivity contribution in [1.29, 1.82) is 0 Å². The first-order chi connectivity index (χ1) is 12.2. The minimum Gasteiger partial charge on any atom is -0.508 e. The molecule has 0 aliphatic carbocycles. The maximum atomic E-state index is 12.3. The van der Waals surface area contributed by atoms with Crippen LogP contribution in [0.5, 0.6) is 5.75 Å². The van der Waals surface area contributed by atoms with Gasteiger partial charge in [0.2, 0.25) is 0 Å². The summed E-state index contributed by atoms with van der Waals surface area (Å²) in [5.41, 5.74) is 1.73. The molecule has 0 spiro atoms. The minimum atomic E-state index is -0.0849. The lowest BCUT2D eigenvalue weighted by Gasteiger charge is -2.36. The van der Waals surface area contributed by atoms with Crippen molar-refractivity contribution >= 4 is 11.3 Å². The number of anilines is 1. The highest BCUT2D eigenvalue weighted by Crippen LogP contribution is 2.19. The predicted octanol–water partition coefficient (Wildman–Crippen LogP) is 1.02. The molecule has 0 unspecified atom stereocenters. The van der Waals surface area contributed by atoms with Crippen LogP contribution in [-0.4, -0.2) is 56.9 Å². The summed E-state index contributed by atoms with van der Waals surface area (Å²) in [6.07, 6.45) is 1.75. The van der Waals surface area contributed by atoms with Crippen LogP contribution in [0, 0.1) is 0 Å². The third-order valence-electron chi connectivity index (χ3n) is 4.70. The van der Waals surface area contributed by atoms with Crippen LogP contribution in [-0.2, 0) is 6.54 Å². The first kappa shape index (κ1) is 15.7. The van der Waals surface area contributed by atoms with E-state index in [-0.39, 0.29) is 5.69 Å². The van der Waals surface area contributed by atoms with Crippen molar-refractivity contribution < 1.29 is 5.11 Å². The molecule has 4 rings (SSSR count). The van der Waals surface area contributed by atoms with Crippen LogP contribution in [0.1, 0.15) is 0 Å². The van der Waals surface area contributed by atoms with Gasteiger partial charge in [0.25, 0.3) is 0 Å². The summed E-state index contributed by atoms with van der Waals surface area (Å²) in [6, 6.07) is 12.9. The average molecular weight is 339 g/mol. The van der Waals surface area contributed by atoms with E-state index in [1.54, 1.807) is 27.4 Å². The van der Waals surface area contributed by atoms with E-state index in [4.69, 9.17) is 0 Å². The van der Waals surface area contributed by atoms with E-state index in [1.807, 2.05) is 30.3 Å². The highest BCUT2D eigenvalue weighted by molar-refractivity contribution is 5.49. The van der Waals surface area contributed by atoms with E-state index in [9.17, 15) is 9.90 Å². The second-order valence-corrected chi connectivity index (χ2v) is 6.28. The van der Waals surface area contributed by atoms with Gasteiger partial charge in [0.15, 0.2) is 5.65 Å². The van der Waals surface area contributed by atoms with Crippen molar-refractivity contribution in [1.82, 2.24) is 19.1 Å². The SMILES string of the molecule is O=c1n(CCN2CCN(c3ccc(O)cc3)CC2)nc2ccccn12. The molecule has 1 fully saturated rings. The van der Waals surface area contributed by atoms with Gasteiger partial charge in [-0.3, -0.25) is 9.30 Å². The largest absolute Gasteiger partial charge is 0.508 e. The number of nitrogens with zero attached hydrogens (tertiary/aromatic N) is 5. The molecule has 0 bridgehead atoms. The third kappa shape index (κ3) is 3.23. The molecule has 3 aromatic rings. The first-order valence-electron chi connectivity index (χ1n) is 8.51. The summed E-state index contributed by atoms with van der Waals surface area (Å²) in [5, 5.41) is 13.8. The number of fused-ring (bicyclic) bond motifs is 1. The van der Waals surface area contributed by atoms with Crippen molar-refractivity contribution in [2.24, 2.45) is 0 Å². The quantitative estimate of drug-likeness (QED) is 0.769. The number of benzene rings is 1. The van der Waals surface area contributed by atoms with Crippen molar-refractivity contribution in [2.45, 2.75) is 6.54 Å². The molecular weight excluding hydrogens is 318 g/mol. The molecule has 1 aliphatic heterocycles. The van der Waals surface area contributed by atoms with Gasteiger partial charge in [0.05, 0.1) is 6.54 Å². The fourth-order valence-corrected chi connectivity index (χ4v) is 3.24. The maximum Gasteiger partial charge on any atom is 0.350 e.